The normalized spacial score (nSPS) is 14.1. The van der Waals surface area contributed by atoms with Gasteiger partial charge in [0.25, 0.3) is 0 Å². The van der Waals surface area contributed by atoms with Gasteiger partial charge < -0.3 is 5.32 Å². The van der Waals surface area contributed by atoms with Gasteiger partial charge in [-0.15, -0.1) is 11.8 Å². The van der Waals surface area contributed by atoms with Crippen LogP contribution in [0.5, 0.6) is 0 Å². The van der Waals surface area contributed by atoms with E-state index in [9.17, 15) is 0 Å². The molecule has 0 fully saturated rings. The maximum absolute atomic E-state index is 4.42. The van der Waals surface area contributed by atoms with E-state index >= 15 is 0 Å². The third-order valence-electron chi connectivity index (χ3n) is 3.79. The molecule has 1 aromatic heterocycles. The Morgan fingerprint density at radius 2 is 1.95 bits per heavy atom. The lowest BCUT2D eigenvalue weighted by Gasteiger charge is -2.23. The molecule has 0 aliphatic rings. The van der Waals surface area contributed by atoms with Gasteiger partial charge in [0.1, 0.15) is 0 Å². The summed E-state index contributed by atoms with van der Waals surface area (Å²) in [7, 11) is 4.04. The van der Waals surface area contributed by atoms with E-state index in [1.54, 1.807) is 0 Å². The van der Waals surface area contributed by atoms with Crippen LogP contribution in [0.1, 0.15) is 36.7 Å². The zero-order valence-electron chi connectivity index (χ0n) is 13.6. The zero-order chi connectivity index (χ0) is 15.4. The van der Waals surface area contributed by atoms with E-state index < -0.39 is 0 Å². The first-order valence-corrected chi connectivity index (χ1v) is 8.36. The highest BCUT2D eigenvalue weighted by molar-refractivity contribution is 7.99. The van der Waals surface area contributed by atoms with Gasteiger partial charge in [0.2, 0.25) is 0 Å². The van der Waals surface area contributed by atoms with Gasteiger partial charge in [0, 0.05) is 18.3 Å². The minimum Gasteiger partial charge on any atom is -0.312 e. The molecular formula is C17H25N3S. The van der Waals surface area contributed by atoms with E-state index in [-0.39, 0.29) is 0 Å². The molecular weight excluding hydrogens is 278 g/mol. The molecule has 0 saturated carbocycles. The number of nitrogens with zero attached hydrogens (tertiary/aromatic N) is 2. The van der Waals surface area contributed by atoms with Crippen molar-refractivity contribution in [2.45, 2.75) is 43.5 Å². The summed E-state index contributed by atoms with van der Waals surface area (Å²) < 4.78 is 1.96. The molecule has 0 aliphatic carbocycles. The topological polar surface area (TPSA) is 29.9 Å². The lowest BCUT2D eigenvalue weighted by Crippen LogP contribution is -2.25. The number of aryl methyl sites for hydroxylation is 3. The monoisotopic (exact) mass is 303 g/mol. The first kappa shape index (κ1) is 16.1. The van der Waals surface area contributed by atoms with Crippen molar-refractivity contribution in [2.75, 3.05) is 7.05 Å². The van der Waals surface area contributed by atoms with Gasteiger partial charge in [0.15, 0.2) is 0 Å². The van der Waals surface area contributed by atoms with Crippen molar-refractivity contribution in [3.8, 4) is 0 Å². The van der Waals surface area contributed by atoms with Gasteiger partial charge in [-0.1, -0.05) is 38.1 Å². The van der Waals surface area contributed by atoms with E-state index in [4.69, 9.17) is 0 Å². The Kier molecular flexibility index (Phi) is 5.48. The molecule has 4 heteroatoms. The van der Waals surface area contributed by atoms with Crippen molar-refractivity contribution in [2.24, 2.45) is 7.05 Å². The van der Waals surface area contributed by atoms with Crippen molar-refractivity contribution >= 4 is 11.8 Å². The number of hydrogen-bond acceptors (Lipinski definition) is 3. The second kappa shape index (κ2) is 7.14. The smallest absolute Gasteiger partial charge is 0.0942 e. The summed E-state index contributed by atoms with van der Waals surface area (Å²) in [5, 5.41) is 9.51. The Morgan fingerprint density at radius 1 is 1.29 bits per heavy atom. The minimum absolute atomic E-state index is 0.330. The number of benzene rings is 1. The van der Waals surface area contributed by atoms with E-state index in [0.29, 0.717) is 11.3 Å². The molecule has 114 valence electrons. The van der Waals surface area contributed by atoms with Crippen molar-refractivity contribution in [1.82, 2.24) is 15.1 Å². The van der Waals surface area contributed by atoms with Gasteiger partial charge in [-0.3, -0.25) is 4.68 Å². The molecule has 2 atom stereocenters. The summed E-state index contributed by atoms with van der Waals surface area (Å²) in [5.41, 5.74) is 3.80. The fraction of sp³-hybridized carbons (Fsp3) is 0.471. The second-order valence-corrected chi connectivity index (χ2v) is 6.83. The molecule has 1 aromatic carbocycles. The summed E-state index contributed by atoms with van der Waals surface area (Å²) in [6.07, 6.45) is 1.09. The summed E-state index contributed by atoms with van der Waals surface area (Å²) in [5.74, 6) is 0. The first-order chi connectivity index (χ1) is 10.0. The third kappa shape index (κ3) is 3.89. The average Bonchev–Trinajstić information content (AvgIpc) is 2.78. The fourth-order valence-corrected chi connectivity index (χ4v) is 3.83. The number of aromatic nitrogens is 2. The van der Waals surface area contributed by atoms with Crippen LogP contribution in [-0.2, 0) is 13.5 Å². The standard InChI is InChI=1S/C17H25N3S/c1-6-14-7-9-15(10-8-14)17(18-4)13(3)21-16-11-12(2)19-20(16)5/h7-11,13,17-18H,6H2,1-5H3. The highest BCUT2D eigenvalue weighted by Crippen LogP contribution is 2.32. The Balaban J connectivity index is 2.13. The number of nitrogens with one attached hydrogen (secondary N) is 1. The Labute approximate surface area is 132 Å². The molecule has 21 heavy (non-hydrogen) atoms. The van der Waals surface area contributed by atoms with E-state index in [0.717, 1.165) is 12.1 Å². The minimum atomic E-state index is 0.330. The Hall–Kier alpha value is -1.26. The summed E-state index contributed by atoms with van der Waals surface area (Å²) in [4.78, 5) is 0. The Morgan fingerprint density at radius 3 is 2.43 bits per heavy atom. The molecule has 1 N–H and O–H groups in total. The van der Waals surface area contributed by atoms with Gasteiger partial charge in [-0.25, -0.2) is 0 Å². The summed E-state index contributed by atoms with van der Waals surface area (Å²) in [6.45, 7) is 6.49. The van der Waals surface area contributed by atoms with Crippen LogP contribution in [-0.4, -0.2) is 22.1 Å². The average molecular weight is 303 g/mol. The highest BCUT2D eigenvalue weighted by Gasteiger charge is 2.20. The Bertz CT molecular complexity index is 574. The van der Waals surface area contributed by atoms with Crippen LogP contribution in [0.3, 0.4) is 0 Å². The second-order valence-electron chi connectivity index (χ2n) is 5.43. The van der Waals surface area contributed by atoms with Crippen LogP contribution in [0.25, 0.3) is 0 Å². The third-order valence-corrected chi connectivity index (χ3v) is 5.06. The lowest BCUT2D eigenvalue weighted by atomic mass is 10.0. The first-order valence-electron chi connectivity index (χ1n) is 7.48. The molecule has 0 saturated heterocycles. The van der Waals surface area contributed by atoms with Gasteiger partial charge >= 0.3 is 0 Å². The molecule has 2 unspecified atom stereocenters. The molecule has 0 spiro atoms. The highest BCUT2D eigenvalue weighted by atomic mass is 32.2. The van der Waals surface area contributed by atoms with Crippen molar-refractivity contribution in [3.05, 3.63) is 47.2 Å². The van der Waals surface area contributed by atoms with Crippen LogP contribution in [0.4, 0.5) is 0 Å². The van der Waals surface area contributed by atoms with Gasteiger partial charge in [-0.2, -0.15) is 5.10 Å². The molecule has 1 heterocycles. The molecule has 3 nitrogen and oxygen atoms in total. The van der Waals surface area contributed by atoms with Gasteiger partial charge in [-0.05, 0) is 37.6 Å². The van der Waals surface area contributed by atoms with Crippen molar-refractivity contribution in [3.63, 3.8) is 0 Å². The molecule has 2 rings (SSSR count). The van der Waals surface area contributed by atoms with Crippen LogP contribution in [0.15, 0.2) is 35.4 Å². The van der Waals surface area contributed by atoms with Gasteiger partial charge in [0.05, 0.1) is 10.7 Å². The van der Waals surface area contributed by atoms with Crippen LogP contribution in [0.2, 0.25) is 0 Å². The van der Waals surface area contributed by atoms with E-state index in [2.05, 4.69) is 54.6 Å². The maximum Gasteiger partial charge on any atom is 0.0942 e. The molecule has 0 amide bonds. The fourth-order valence-electron chi connectivity index (χ4n) is 2.59. The zero-order valence-corrected chi connectivity index (χ0v) is 14.4. The van der Waals surface area contributed by atoms with Crippen molar-refractivity contribution in [1.29, 1.82) is 0 Å². The maximum atomic E-state index is 4.42. The predicted molar refractivity (Wildman–Crippen MR) is 90.9 cm³/mol. The largest absolute Gasteiger partial charge is 0.312 e. The van der Waals surface area contributed by atoms with Crippen LogP contribution < -0.4 is 5.32 Å². The predicted octanol–water partition coefficient (Wildman–Crippen LogP) is 3.73. The quantitative estimate of drug-likeness (QED) is 0.825. The number of thioether (sulfide) groups is 1. The molecule has 0 bridgehead atoms. The lowest BCUT2D eigenvalue weighted by molar-refractivity contribution is 0.586. The van der Waals surface area contributed by atoms with E-state index in [1.165, 1.54) is 16.2 Å². The number of rotatable bonds is 6. The SMILES string of the molecule is CCc1ccc(C(NC)C(C)Sc2cc(C)nn2C)cc1. The van der Waals surface area contributed by atoms with Crippen LogP contribution in [0, 0.1) is 6.92 Å². The van der Waals surface area contributed by atoms with Crippen LogP contribution >= 0.6 is 11.8 Å². The van der Waals surface area contributed by atoms with E-state index in [1.807, 2.05) is 37.5 Å². The summed E-state index contributed by atoms with van der Waals surface area (Å²) >= 11 is 1.87. The number of hydrogen-bond donors (Lipinski definition) is 1. The van der Waals surface area contributed by atoms with Crippen molar-refractivity contribution < 1.29 is 0 Å². The molecule has 0 radical (unpaired) electrons. The molecule has 0 aliphatic heterocycles. The molecule has 2 aromatic rings. The summed E-state index contributed by atoms with van der Waals surface area (Å²) in [6, 6.07) is 11.4.